The maximum absolute atomic E-state index is 7.03. The van der Waals surface area contributed by atoms with Crippen LogP contribution in [0.15, 0.2) is 182 Å². The van der Waals surface area contributed by atoms with E-state index in [9.17, 15) is 0 Å². The van der Waals surface area contributed by atoms with Crippen LogP contribution in [0.1, 0.15) is 103 Å². The van der Waals surface area contributed by atoms with Gasteiger partial charge in [0.25, 0.3) is 0 Å². The second-order valence-corrected chi connectivity index (χ2v) is 21.6. The predicted molar refractivity (Wildman–Crippen MR) is 288 cm³/mol. The SMILES string of the molecule is CC(C)(C)c1ccnc(-n2c3[c-]c(Oc4[c-]c(N5C=CN(c6cc(C(C)(C)c7ccccc7)cc(C(C)(C)c7ccccc7)c6)[CH-]5)cc(-c5ccccc5)c4)cc(C(C)(C)C)c3c3ccccc32)c1.[Pt]. The fraction of sp³-hybridized carbons (Fsp3) is 0.219. The Kier molecular flexibility index (Phi) is 12.8. The number of anilines is 2. The van der Waals surface area contributed by atoms with Gasteiger partial charge in [-0.3, -0.25) is 0 Å². The number of pyridine rings is 1. The van der Waals surface area contributed by atoms with E-state index >= 15 is 0 Å². The molecule has 1 aliphatic rings. The van der Waals surface area contributed by atoms with Crippen molar-refractivity contribution in [1.82, 2.24) is 9.55 Å². The van der Waals surface area contributed by atoms with Crippen LogP contribution in [0.3, 0.4) is 0 Å². The van der Waals surface area contributed by atoms with E-state index < -0.39 is 0 Å². The number of para-hydroxylation sites is 1. The van der Waals surface area contributed by atoms with Crippen molar-refractivity contribution in [2.24, 2.45) is 0 Å². The van der Waals surface area contributed by atoms with Crippen LogP contribution in [0.4, 0.5) is 11.4 Å². The van der Waals surface area contributed by atoms with E-state index in [0.717, 1.165) is 50.1 Å². The zero-order valence-electron chi connectivity index (χ0n) is 41.9. The normalized spacial score (nSPS) is 13.3. The van der Waals surface area contributed by atoms with Gasteiger partial charge in [-0.2, -0.15) is 0 Å². The third kappa shape index (κ3) is 9.25. The largest absolute Gasteiger partial charge is 0.509 e. The molecule has 9 aromatic rings. The minimum atomic E-state index is -0.250. The summed E-state index contributed by atoms with van der Waals surface area (Å²) < 4.78 is 9.28. The first-order valence-electron chi connectivity index (χ1n) is 24.1. The summed E-state index contributed by atoms with van der Waals surface area (Å²) in [6, 6.07) is 66.0. The van der Waals surface area contributed by atoms with Crippen LogP contribution >= 0.6 is 0 Å². The zero-order valence-corrected chi connectivity index (χ0v) is 44.2. The Morgan fingerprint density at radius 2 is 1.07 bits per heavy atom. The van der Waals surface area contributed by atoms with E-state index in [2.05, 4.69) is 279 Å². The van der Waals surface area contributed by atoms with Gasteiger partial charge in [0.2, 0.25) is 0 Å². The first-order valence-corrected chi connectivity index (χ1v) is 24.1. The fourth-order valence-electron chi connectivity index (χ4n) is 9.69. The van der Waals surface area contributed by atoms with Gasteiger partial charge in [0.1, 0.15) is 5.82 Å². The van der Waals surface area contributed by atoms with Gasteiger partial charge in [-0.25, -0.2) is 4.98 Å². The van der Waals surface area contributed by atoms with Crippen LogP contribution in [-0.2, 0) is 42.7 Å². The average Bonchev–Trinajstić information content (AvgIpc) is 3.98. The van der Waals surface area contributed by atoms with Gasteiger partial charge >= 0.3 is 0 Å². The molecule has 0 N–H and O–H groups in total. The summed E-state index contributed by atoms with van der Waals surface area (Å²) in [7, 11) is 0. The van der Waals surface area contributed by atoms with Crippen LogP contribution in [0.5, 0.6) is 11.5 Å². The number of benzene rings is 7. The molecule has 70 heavy (non-hydrogen) atoms. The first kappa shape index (κ1) is 48.3. The van der Waals surface area contributed by atoms with Gasteiger partial charge in [-0.1, -0.05) is 195 Å². The summed E-state index contributed by atoms with van der Waals surface area (Å²) >= 11 is 0. The number of nitrogens with zero attached hydrogens (tertiary/aromatic N) is 4. The summed E-state index contributed by atoms with van der Waals surface area (Å²) in [6.07, 6.45) is 6.16. The summed E-state index contributed by atoms with van der Waals surface area (Å²) in [5.41, 5.74) is 12.7. The van der Waals surface area contributed by atoms with Crippen molar-refractivity contribution in [3.63, 3.8) is 0 Å². The summed E-state index contributed by atoms with van der Waals surface area (Å²) in [5, 5.41) is 2.31. The van der Waals surface area contributed by atoms with E-state index in [0.29, 0.717) is 11.5 Å². The third-order valence-corrected chi connectivity index (χ3v) is 14.0. The maximum atomic E-state index is 7.03. The smallest absolute Gasteiger partial charge is 0.135 e. The van der Waals surface area contributed by atoms with Gasteiger partial charge in [-0.15, -0.1) is 53.8 Å². The molecule has 7 aromatic carbocycles. The summed E-state index contributed by atoms with van der Waals surface area (Å²) in [4.78, 5) is 9.32. The molecular formula is C64H61N4OPt-3. The summed E-state index contributed by atoms with van der Waals surface area (Å²) in [5.74, 6) is 2.06. The predicted octanol–water partition coefficient (Wildman–Crippen LogP) is 16.4. The van der Waals surface area contributed by atoms with Gasteiger partial charge in [-0.05, 0) is 92.3 Å². The molecule has 2 aromatic heterocycles. The Hall–Kier alpha value is -6.68. The molecule has 0 unspecified atom stereocenters. The van der Waals surface area contributed by atoms with Crippen molar-refractivity contribution in [3.05, 3.63) is 235 Å². The van der Waals surface area contributed by atoms with Crippen molar-refractivity contribution in [3.8, 4) is 28.4 Å². The van der Waals surface area contributed by atoms with Crippen molar-refractivity contribution < 1.29 is 25.8 Å². The van der Waals surface area contributed by atoms with E-state index in [-0.39, 0.29) is 42.7 Å². The Morgan fingerprint density at radius 1 is 0.500 bits per heavy atom. The minimum Gasteiger partial charge on any atom is -0.509 e. The number of ether oxygens (including phenoxy) is 1. The third-order valence-electron chi connectivity index (χ3n) is 14.0. The molecule has 1 aliphatic heterocycles. The number of hydrogen-bond donors (Lipinski definition) is 0. The quantitative estimate of drug-likeness (QED) is 0.128. The molecule has 0 aliphatic carbocycles. The van der Waals surface area contributed by atoms with Gasteiger partial charge in [0.05, 0.1) is 0 Å². The Bertz CT molecular complexity index is 3290. The molecule has 3 heterocycles. The molecular weight excluding hydrogens is 1040 g/mol. The molecule has 6 heteroatoms. The van der Waals surface area contributed by atoms with E-state index in [1.54, 1.807) is 0 Å². The molecule has 0 fully saturated rings. The van der Waals surface area contributed by atoms with Crippen molar-refractivity contribution in [2.75, 3.05) is 9.80 Å². The first-order chi connectivity index (χ1) is 32.9. The molecule has 0 bridgehead atoms. The Balaban J connectivity index is 0.00000608. The van der Waals surface area contributed by atoms with Crippen LogP contribution in [0.2, 0.25) is 0 Å². The second-order valence-electron chi connectivity index (χ2n) is 21.6. The molecule has 0 saturated carbocycles. The Labute approximate surface area is 429 Å². The molecule has 0 atom stereocenters. The van der Waals surface area contributed by atoms with Crippen molar-refractivity contribution >= 4 is 33.2 Å². The minimum absolute atomic E-state index is 0. The van der Waals surface area contributed by atoms with Gasteiger partial charge in [0, 0.05) is 60.8 Å². The van der Waals surface area contributed by atoms with Crippen molar-refractivity contribution in [1.29, 1.82) is 0 Å². The fourth-order valence-corrected chi connectivity index (χ4v) is 9.69. The number of fused-ring (bicyclic) bond motifs is 3. The Morgan fingerprint density at radius 3 is 1.69 bits per heavy atom. The van der Waals surface area contributed by atoms with Gasteiger partial charge < -0.3 is 19.1 Å². The molecule has 0 saturated heterocycles. The number of hydrogen-bond acceptors (Lipinski definition) is 4. The van der Waals surface area contributed by atoms with Crippen molar-refractivity contribution in [2.45, 2.75) is 90.9 Å². The maximum Gasteiger partial charge on any atom is 0.135 e. The molecule has 356 valence electrons. The molecule has 0 radical (unpaired) electrons. The molecule has 0 spiro atoms. The molecule has 10 rings (SSSR count). The zero-order chi connectivity index (χ0) is 48.3. The van der Waals surface area contributed by atoms with Gasteiger partial charge in [0.15, 0.2) is 0 Å². The van der Waals surface area contributed by atoms with Crippen LogP contribution < -0.4 is 14.5 Å². The second kappa shape index (κ2) is 18.6. The topological polar surface area (TPSA) is 33.5 Å². The van der Waals surface area contributed by atoms with Crippen LogP contribution in [0, 0.1) is 18.8 Å². The van der Waals surface area contributed by atoms with E-state index in [1.165, 1.54) is 33.4 Å². The molecule has 0 amide bonds. The van der Waals surface area contributed by atoms with Crippen LogP contribution in [-0.4, -0.2) is 9.55 Å². The number of aromatic nitrogens is 2. The van der Waals surface area contributed by atoms with Crippen LogP contribution in [0.25, 0.3) is 38.8 Å². The standard InChI is InChI=1S/C64H61N4O.Pt/c1-61(2,3)48-30-31-65-59(39-48)68-57-29-21-20-28-55(57)60-56(62(4,5)6)41-54(42-58(60)68)69-53-35-45(44-22-14-11-15-23-44)34-51(40-53)66-32-33-67(43-66)52-37-49(63(7,8)46-24-16-12-17-25-46)36-50(38-52)64(9,10)47-26-18-13-19-27-47;/h11-39,41,43H,1-10H3;/q-3;. The number of rotatable bonds is 10. The van der Waals surface area contributed by atoms with E-state index in [4.69, 9.17) is 9.72 Å². The summed E-state index contributed by atoms with van der Waals surface area (Å²) in [6.45, 7) is 25.0. The monoisotopic (exact) mass is 1100 g/mol. The molecule has 5 nitrogen and oxygen atoms in total. The van der Waals surface area contributed by atoms with E-state index in [1.807, 2.05) is 6.20 Å². The average molecular weight is 1100 g/mol.